The van der Waals surface area contributed by atoms with Crippen LogP contribution in [0.4, 0.5) is 5.69 Å². The third-order valence-electron chi connectivity index (χ3n) is 5.60. The fraction of sp³-hybridized carbons (Fsp3) is 0.529. The summed E-state index contributed by atoms with van der Waals surface area (Å²) in [5.74, 6) is -1.17. The summed E-state index contributed by atoms with van der Waals surface area (Å²) in [7, 11) is -2.13. The number of amides is 1. The predicted molar refractivity (Wildman–Crippen MR) is 91.7 cm³/mol. The molecule has 1 aromatic rings. The fourth-order valence-corrected chi connectivity index (χ4v) is 5.50. The number of nitrogens with zero attached hydrogens (tertiary/aromatic N) is 2. The summed E-state index contributed by atoms with van der Waals surface area (Å²) in [6, 6.07) is 6.09. The van der Waals surface area contributed by atoms with Gasteiger partial charge in [-0.15, -0.1) is 0 Å². The smallest absolute Gasteiger partial charge is 0.311 e. The molecule has 1 saturated carbocycles. The van der Waals surface area contributed by atoms with Gasteiger partial charge in [-0.2, -0.15) is 4.31 Å². The van der Waals surface area contributed by atoms with E-state index in [1.165, 1.54) is 28.3 Å². The Balaban J connectivity index is 1.86. The lowest BCUT2D eigenvalue weighted by atomic mass is 9.81. The predicted octanol–water partition coefficient (Wildman–Crippen LogP) is 1.54. The van der Waals surface area contributed by atoms with Crippen LogP contribution in [0.5, 0.6) is 0 Å². The summed E-state index contributed by atoms with van der Waals surface area (Å²) in [5.41, 5.74) is -0.339. The van der Waals surface area contributed by atoms with E-state index in [9.17, 15) is 23.1 Å². The molecule has 0 unspecified atom stereocenters. The summed E-state index contributed by atoms with van der Waals surface area (Å²) < 4.78 is 27.1. The molecule has 25 heavy (non-hydrogen) atoms. The van der Waals surface area contributed by atoms with Crippen LogP contribution in [0, 0.1) is 11.3 Å². The minimum atomic E-state index is -3.75. The zero-order valence-corrected chi connectivity index (χ0v) is 15.1. The van der Waals surface area contributed by atoms with Gasteiger partial charge >= 0.3 is 5.97 Å². The highest BCUT2D eigenvalue weighted by molar-refractivity contribution is 7.89. The van der Waals surface area contributed by atoms with E-state index in [-0.39, 0.29) is 29.8 Å². The molecule has 3 rings (SSSR count). The maximum atomic E-state index is 12.9. The van der Waals surface area contributed by atoms with Gasteiger partial charge in [0.25, 0.3) is 0 Å². The van der Waals surface area contributed by atoms with Crippen molar-refractivity contribution in [2.75, 3.05) is 25.0 Å². The Kier molecular flexibility index (Phi) is 4.36. The first kappa shape index (κ1) is 17.9. The van der Waals surface area contributed by atoms with Crippen LogP contribution in [0.25, 0.3) is 0 Å². The van der Waals surface area contributed by atoms with Gasteiger partial charge in [0, 0.05) is 32.7 Å². The monoisotopic (exact) mass is 366 g/mol. The van der Waals surface area contributed by atoms with E-state index in [1.807, 2.05) is 0 Å². The lowest BCUT2D eigenvalue weighted by molar-refractivity contribution is -0.149. The van der Waals surface area contributed by atoms with Gasteiger partial charge in [-0.3, -0.25) is 9.59 Å². The topological polar surface area (TPSA) is 95.0 Å². The number of hydrogen-bond acceptors (Lipinski definition) is 4. The number of carbonyl (C=O) groups is 2. The third kappa shape index (κ3) is 2.83. The van der Waals surface area contributed by atoms with Crippen LogP contribution in [-0.4, -0.2) is 49.8 Å². The number of carboxylic acids is 1. The number of carbonyl (C=O) groups excluding carboxylic acids is 1. The quantitative estimate of drug-likeness (QED) is 0.872. The highest BCUT2D eigenvalue weighted by atomic mass is 32.2. The molecule has 2 fully saturated rings. The molecule has 2 aliphatic rings. The van der Waals surface area contributed by atoms with Crippen molar-refractivity contribution < 1.29 is 23.1 Å². The van der Waals surface area contributed by atoms with E-state index in [0.29, 0.717) is 12.1 Å². The number of rotatable bonds is 4. The summed E-state index contributed by atoms with van der Waals surface area (Å²) in [5, 5.41) is 9.62. The Hall–Kier alpha value is -1.93. The molecule has 1 saturated heterocycles. The molecular formula is C17H22N2O5S. The van der Waals surface area contributed by atoms with Crippen LogP contribution in [0.2, 0.25) is 0 Å². The van der Waals surface area contributed by atoms with Gasteiger partial charge in [0.1, 0.15) is 0 Å². The molecular weight excluding hydrogens is 344 g/mol. The van der Waals surface area contributed by atoms with Gasteiger partial charge in [0.05, 0.1) is 10.3 Å². The molecule has 136 valence electrons. The van der Waals surface area contributed by atoms with E-state index >= 15 is 0 Å². The molecule has 0 aromatic heterocycles. The SMILES string of the molecule is CC(=O)N(C)c1ccc(S(=O)(=O)N2C[C@@H]3CCC[C@@]3(C(=O)O)C2)cc1. The number of aliphatic carboxylic acids is 1. The number of hydrogen-bond donors (Lipinski definition) is 1. The molecule has 1 N–H and O–H groups in total. The molecule has 1 aliphatic carbocycles. The van der Waals surface area contributed by atoms with E-state index in [0.717, 1.165) is 12.8 Å². The van der Waals surface area contributed by atoms with E-state index < -0.39 is 21.4 Å². The van der Waals surface area contributed by atoms with E-state index in [1.54, 1.807) is 19.2 Å². The van der Waals surface area contributed by atoms with Crippen LogP contribution in [-0.2, 0) is 19.6 Å². The summed E-state index contributed by atoms with van der Waals surface area (Å²) in [4.78, 5) is 24.7. The van der Waals surface area contributed by atoms with Crippen molar-refractivity contribution in [2.45, 2.75) is 31.1 Å². The molecule has 2 atom stereocenters. The van der Waals surface area contributed by atoms with Crippen molar-refractivity contribution in [3.05, 3.63) is 24.3 Å². The number of benzene rings is 1. The minimum absolute atomic E-state index is 0.0322. The summed E-state index contributed by atoms with van der Waals surface area (Å²) in [6.07, 6.45) is 2.11. The van der Waals surface area contributed by atoms with Gasteiger partial charge < -0.3 is 10.0 Å². The van der Waals surface area contributed by atoms with Crippen LogP contribution < -0.4 is 4.90 Å². The van der Waals surface area contributed by atoms with Crippen LogP contribution in [0.15, 0.2) is 29.2 Å². The standard InChI is InChI=1S/C17H22N2O5S/c1-12(20)18(2)14-5-7-15(8-6-14)25(23,24)19-10-13-4-3-9-17(13,11-19)16(21)22/h5-8,13H,3-4,9-11H2,1-2H3,(H,21,22)/t13-,17+/m0/s1. The Bertz CT molecular complexity index is 805. The van der Waals surface area contributed by atoms with Crippen molar-refractivity contribution >= 4 is 27.6 Å². The lowest BCUT2D eigenvalue weighted by Gasteiger charge is -2.23. The minimum Gasteiger partial charge on any atom is -0.481 e. The first-order valence-corrected chi connectivity index (χ1v) is 9.70. The maximum Gasteiger partial charge on any atom is 0.311 e. The molecule has 1 amide bonds. The number of fused-ring (bicyclic) bond motifs is 1. The van der Waals surface area contributed by atoms with Crippen LogP contribution in [0.1, 0.15) is 26.2 Å². The van der Waals surface area contributed by atoms with Gasteiger partial charge in [-0.25, -0.2) is 8.42 Å². The largest absolute Gasteiger partial charge is 0.481 e. The molecule has 0 radical (unpaired) electrons. The van der Waals surface area contributed by atoms with Crippen molar-refractivity contribution in [2.24, 2.45) is 11.3 Å². The summed E-state index contributed by atoms with van der Waals surface area (Å²) in [6.45, 7) is 1.72. The highest BCUT2D eigenvalue weighted by Gasteiger charge is 2.57. The van der Waals surface area contributed by atoms with Crippen molar-refractivity contribution in [1.29, 1.82) is 0 Å². The average molecular weight is 366 g/mol. The Morgan fingerprint density at radius 1 is 1.28 bits per heavy atom. The van der Waals surface area contributed by atoms with E-state index in [2.05, 4.69) is 0 Å². The van der Waals surface area contributed by atoms with Crippen LogP contribution in [0.3, 0.4) is 0 Å². The van der Waals surface area contributed by atoms with Crippen molar-refractivity contribution in [3.8, 4) is 0 Å². The first-order valence-electron chi connectivity index (χ1n) is 8.26. The zero-order valence-electron chi connectivity index (χ0n) is 14.3. The Labute approximate surface area is 147 Å². The van der Waals surface area contributed by atoms with Gasteiger partial charge in [-0.1, -0.05) is 6.42 Å². The molecule has 1 aliphatic heterocycles. The van der Waals surface area contributed by atoms with Crippen molar-refractivity contribution in [1.82, 2.24) is 4.31 Å². The second-order valence-corrected chi connectivity index (χ2v) is 8.86. The Morgan fingerprint density at radius 2 is 1.92 bits per heavy atom. The highest BCUT2D eigenvalue weighted by Crippen LogP contribution is 2.50. The maximum absolute atomic E-state index is 12.9. The average Bonchev–Trinajstić information content (AvgIpc) is 3.12. The molecule has 8 heteroatoms. The summed E-state index contributed by atoms with van der Waals surface area (Å²) >= 11 is 0. The van der Waals surface area contributed by atoms with Crippen molar-refractivity contribution in [3.63, 3.8) is 0 Å². The van der Waals surface area contributed by atoms with E-state index in [4.69, 9.17) is 0 Å². The molecule has 0 bridgehead atoms. The first-order chi connectivity index (χ1) is 11.7. The number of carboxylic acid groups (broad SMARTS) is 1. The second-order valence-electron chi connectivity index (χ2n) is 6.92. The normalized spacial score (nSPS) is 26.4. The van der Waals surface area contributed by atoms with Gasteiger partial charge in [-0.05, 0) is 43.0 Å². The second kappa shape index (κ2) is 6.10. The van der Waals surface area contributed by atoms with Crippen LogP contribution >= 0.6 is 0 Å². The molecule has 0 spiro atoms. The third-order valence-corrected chi connectivity index (χ3v) is 7.43. The number of anilines is 1. The fourth-order valence-electron chi connectivity index (χ4n) is 3.95. The number of sulfonamides is 1. The molecule has 1 heterocycles. The lowest BCUT2D eigenvalue weighted by Crippen LogP contribution is -2.37. The molecule has 7 nitrogen and oxygen atoms in total. The van der Waals surface area contributed by atoms with Gasteiger partial charge in [0.15, 0.2) is 0 Å². The van der Waals surface area contributed by atoms with Gasteiger partial charge in [0.2, 0.25) is 15.9 Å². The zero-order chi connectivity index (χ0) is 18.4. The Morgan fingerprint density at radius 3 is 2.44 bits per heavy atom. The molecule has 1 aromatic carbocycles.